The Kier molecular flexibility index (Phi) is 4.54. The maximum atomic E-state index is 9.42. The van der Waals surface area contributed by atoms with E-state index in [1.54, 1.807) is 0 Å². The highest BCUT2D eigenvalue weighted by Gasteiger charge is 2.23. The highest BCUT2D eigenvalue weighted by molar-refractivity contribution is 5.16. The van der Waals surface area contributed by atoms with Gasteiger partial charge in [0.15, 0.2) is 0 Å². The molecule has 0 aromatic heterocycles. The van der Waals surface area contributed by atoms with Gasteiger partial charge < -0.3 is 16.2 Å². The zero-order valence-corrected chi connectivity index (χ0v) is 10.2. The number of benzene rings is 1. The molecule has 4 N–H and O–H groups in total. The summed E-state index contributed by atoms with van der Waals surface area (Å²) in [6, 6.07) is 11.3. The SMILES string of the molecule is NC1CCC(N[C@H](CO)Cc2ccccc2)C1. The number of hydrogen-bond acceptors (Lipinski definition) is 3. The number of aliphatic hydroxyl groups excluding tert-OH is 1. The lowest BCUT2D eigenvalue weighted by Crippen LogP contribution is -2.41. The molecule has 0 saturated heterocycles. The van der Waals surface area contributed by atoms with Crippen molar-refractivity contribution in [3.8, 4) is 0 Å². The van der Waals surface area contributed by atoms with E-state index in [0.717, 1.165) is 25.7 Å². The number of aliphatic hydroxyl groups is 1. The summed E-state index contributed by atoms with van der Waals surface area (Å²) in [7, 11) is 0. The summed E-state index contributed by atoms with van der Waals surface area (Å²) in [5.74, 6) is 0. The lowest BCUT2D eigenvalue weighted by atomic mass is 10.1. The van der Waals surface area contributed by atoms with Gasteiger partial charge in [-0.15, -0.1) is 0 Å². The van der Waals surface area contributed by atoms with E-state index in [2.05, 4.69) is 17.4 Å². The fourth-order valence-electron chi connectivity index (χ4n) is 2.58. The first kappa shape index (κ1) is 12.6. The van der Waals surface area contributed by atoms with Gasteiger partial charge in [-0.3, -0.25) is 0 Å². The van der Waals surface area contributed by atoms with E-state index in [1.807, 2.05) is 18.2 Å². The maximum absolute atomic E-state index is 9.42. The molecule has 3 atom stereocenters. The van der Waals surface area contributed by atoms with Gasteiger partial charge in [0.05, 0.1) is 6.61 Å². The first-order valence-electron chi connectivity index (χ1n) is 6.44. The van der Waals surface area contributed by atoms with E-state index in [0.29, 0.717) is 12.1 Å². The third-order valence-electron chi connectivity index (χ3n) is 3.49. The van der Waals surface area contributed by atoms with E-state index in [-0.39, 0.29) is 12.6 Å². The summed E-state index contributed by atoms with van der Waals surface area (Å²) in [6.07, 6.45) is 4.14. The highest BCUT2D eigenvalue weighted by atomic mass is 16.3. The summed E-state index contributed by atoms with van der Waals surface area (Å²) in [4.78, 5) is 0. The maximum Gasteiger partial charge on any atom is 0.0587 e. The van der Waals surface area contributed by atoms with Crippen molar-refractivity contribution in [1.82, 2.24) is 5.32 Å². The fraction of sp³-hybridized carbons (Fsp3) is 0.571. The molecule has 0 heterocycles. The Bertz CT molecular complexity index is 328. The summed E-state index contributed by atoms with van der Waals surface area (Å²) in [5, 5.41) is 12.9. The Morgan fingerprint density at radius 3 is 2.65 bits per heavy atom. The summed E-state index contributed by atoms with van der Waals surface area (Å²) in [5.41, 5.74) is 7.16. The molecule has 2 unspecified atom stereocenters. The van der Waals surface area contributed by atoms with Crippen molar-refractivity contribution < 1.29 is 5.11 Å². The second kappa shape index (κ2) is 6.15. The van der Waals surface area contributed by atoms with Gasteiger partial charge in [0.25, 0.3) is 0 Å². The molecule has 94 valence electrons. The monoisotopic (exact) mass is 234 g/mol. The van der Waals surface area contributed by atoms with Crippen LogP contribution in [0.15, 0.2) is 30.3 Å². The van der Waals surface area contributed by atoms with Gasteiger partial charge >= 0.3 is 0 Å². The smallest absolute Gasteiger partial charge is 0.0587 e. The van der Waals surface area contributed by atoms with E-state index in [1.165, 1.54) is 5.56 Å². The van der Waals surface area contributed by atoms with Crippen LogP contribution < -0.4 is 11.1 Å². The van der Waals surface area contributed by atoms with Gasteiger partial charge in [0, 0.05) is 18.1 Å². The molecular weight excluding hydrogens is 212 g/mol. The van der Waals surface area contributed by atoms with Gasteiger partial charge in [0.2, 0.25) is 0 Å². The molecule has 0 bridgehead atoms. The summed E-state index contributed by atoms with van der Waals surface area (Å²) >= 11 is 0. The molecule has 1 saturated carbocycles. The van der Waals surface area contributed by atoms with Crippen molar-refractivity contribution >= 4 is 0 Å². The number of hydrogen-bond donors (Lipinski definition) is 3. The van der Waals surface area contributed by atoms with Crippen LogP contribution in [-0.2, 0) is 6.42 Å². The first-order valence-corrected chi connectivity index (χ1v) is 6.44. The minimum atomic E-state index is 0.146. The van der Waals surface area contributed by atoms with Crippen molar-refractivity contribution in [1.29, 1.82) is 0 Å². The normalized spacial score (nSPS) is 26.0. The second-order valence-electron chi connectivity index (χ2n) is 5.01. The van der Waals surface area contributed by atoms with Gasteiger partial charge in [-0.1, -0.05) is 30.3 Å². The standard InChI is InChI=1S/C14H22N2O/c15-12-6-7-13(9-12)16-14(10-17)8-11-4-2-1-3-5-11/h1-5,12-14,16-17H,6-10,15H2/t12?,13?,14-/m0/s1. The number of rotatable bonds is 5. The first-order chi connectivity index (χ1) is 8.28. The van der Waals surface area contributed by atoms with Gasteiger partial charge in [-0.25, -0.2) is 0 Å². The van der Waals surface area contributed by atoms with Gasteiger partial charge in [-0.2, -0.15) is 0 Å². The Morgan fingerprint density at radius 2 is 2.06 bits per heavy atom. The van der Waals surface area contributed by atoms with Crippen LogP contribution in [0, 0.1) is 0 Å². The molecule has 0 aliphatic heterocycles. The average molecular weight is 234 g/mol. The van der Waals surface area contributed by atoms with Crippen molar-refractivity contribution in [2.45, 2.75) is 43.8 Å². The van der Waals surface area contributed by atoms with Crippen LogP contribution in [0.1, 0.15) is 24.8 Å². The minimum absolute atomic E-state index is 0.146. The third-order valence-corrected chi connectivity index (χ3v) is 3.49. The van der Waals surface area contributed by atoms with Crippen molar-refractivity contribution in [2.75, 3.05) is 6.61 Å². The van der Waals surface area contributed by atoms with Crippen molar-refractivity contribution in [2.24, 2.45) is 5.73 Å². The molecule has 1 aromatic carbocycles. The van der Waals surface area contributed by atoms with E-state index >= 15 is 0 Å². The Morgan fingerprint density at radius 1 is 1.29 bits per heavy atom. The molecule has 0 radical (unpaired) electrons. The van der Waals surface area contributed by atoms with E-state index in [4.69, 9.17) is 5.73 Å². The Hall–Kier alpha value is -0.900. The molecule has 1 aliphatic rings. The number of nitrogens with one attached hydrogen (secondary N) is 1. The summed E-state index contributed by atoms with van der Waals surface area (Å²) < 4.78 is 0. The lowest BCUT2D eigenvalue weighted by molar-refractivity contribution is 0.230. The van der Waals surface area contributed by atoms with Crippen LogP contribution in [0.3, 0.4) is 0 Å². The van der Waals surface area contributed by atoms with E-state index < -0.39 is 0 Å². The fourth-order valence-corrected chi connectivity index (χ4v) is 2.58. The van der Waals surface area contributed by atoms with Crippen molar-refractivity contribution in [3.05, 3.63) is 35.9 Å². The van der Waals surface area contributed by atoms with Crippen LogP contribution in [-0.4, -0.2) is 29.8 Å². The molecule has 0 spiro atoms. The largest absolute Gasteiger partial charge is 0.395 e. The Labute approximate surface area is 103 Å². The molecule has 17 heavy (non-hydrogen) atoms. The molecule has 2 rings (SSSR count). The van der Waals surface area contributed by atoms with Crippen LogP contribution in [0.5, 0.6) is 0 Å². The second-order valence-corrected chi connectivity index (χ2v) is 5.01. The quantitative estimate of drug-likeness (QED) is 0.714. The van der Waals surface area contributed by atoms with Crippen molar-refractivity contribution in [3.63, 3.8) is 0 Å². The third kappa shape index (κ3) is 3.80. The van der Waals surface area contributed by atoms with Crippen LogP contribution in [0.2, 0.25) is 0 Å². The van der Waals surface area contributed by atoms with Crippen LogP contribution in [0.25, 0.3) is 0 Å². The lowest BCUT2D eigenvalue weighted by Gasteiger charge is -2.21. The predicted molar refractivity (Wildman–Crippen MR) is 69.8 cm³/mol. The molecular formula is C14H22N2O. The molecule has 3 nitrogen and oxygen atoms in total. The molecule has 1 aromatic rings. The minimum Gasteiger partial charge on any atom is -0.395 e. The van der Waals surface area contributed by atoms with Crippen LogP contribution in [0.4, 0.5) is 0 Å². The predicted octanol–water partition coefficient (Wildman–Crippen LogP) is 1.06. The topological polar surface area (TPSA) is 58.3 Å². The molecule has 3 heteroatoms. The average Bonchev–Trinajstić information content (AvgIpc) is 2.75. The molecule has 0 amide bonds. The zero-order chi connectivity index (χ0) is 12.1. The molecule has 1 fully saturated rings. The Balaban J connectivity index is 1.85. The van der Waals surface area contributed by atoms with Crippen LogP contribution >= 0.6 is 0 Å². The molecule has 1 aliphatic carbocycles. The van der Waals surface area contributed by atoms with Gasteiger partial charge in [0.1, 0.15) is 0 Å². The highest BCUT2D eigenvalue weighted by Crippen LogP contribution is 2.18. The number of nitrogens with two attached hydrogens (primary N) is 1. The van der Waals surface area contributed by atoms with E-state index in [9.17, 15) is 5.11 Å². The zero-order valence-electron chi connectivity index (χ0n) is 10.2. The summed E-state index contributed by atoms with van der Waals surface area (Å²) in [6.45, 7) is 0.181. The van der Waals surface area contributed by atoms with Gasteiger partial charge in [-0.05, 0) is 31.2 Å².